The SMILES string of the molecule is CCCCCCCCCCCC(=O)OCC(CC)(COC(=O)CCCCCCCCCCC)C[N+](C)(C)C. The van der Waals surface area contributed by atoms with Crippen molar-refractivity contribution in [2.75, 3.05) is 40.9 Å². The van der Waals surface area contributed by atoms with Gasteiger partial charge in [0, 0.05) is 12.8 Å². The average molecular weight is 541 g/mol. The van der Waals surface area contributed by atoms with Crippen LogP contribution in [0, 0.1) is 5.41 Å². The highest BCUT2D eigenvalue weighted by Gasteiger charge is 2.37. The summed E-state index contributed by atoms with van der Waals surface area (Å²) >= 11 is 0. The van der Waals surface area contributed by atoms with Gasteiger partial charge in [0.1, 0.15) is 13.2 Å². The first-order chi connectivity index (χ1) is 18.2. The van der Waals surface area contributed by atoms with E-state index in [9.17, 15) is 9.59 Å². The van der Waals surface area contributed by atoms with Crippen molar-refractivity contribution in [3.8, 4) is 0 Å². The van der Waals surface area contributed by atoms with Crippen LogP contribution < -0.4 is 0 Å². The van der Waals surface area contributed by atoms with Gasteiger partial charge >= 0.3 is 11.9 Å². The molecule has 0 aliphatic rings. The fraction of sp³-hybridized carbons (Fsp3) is 0.939. The lowest BCUT2D eigenvalue weighted by Crippen LogP contribution is -2.49. The van der Waals surface area contributed by atoms with Crippen molar-refractivity contribution < 1.29 is 23.5 Å². The van der Waals surface area contributed by atoms with Crippen molar-refractivity contribution in [2.45, 2.75) is 156 Å². The van der Waals surface area contributed by atoms with Gasteiger partial charge in [-0.1, -0.05) is 124 Å². The monoisotopic (exact) mass is 540 g/mol. The van der Waals surface area contributed by atoms with Crippen molar-refractivity contribution in [3.05, 3.63) is 0 Å². The summed E-state index contributed by atoms with van der Waals surface area (Å²) in [5.74, 6) is -0.235. The zero-order chi connectivity index (χ0) is 28.5. The molecular formula is C33H66NO4+. The Morgan fingerprint density at radius 3 is 1.13 bits per heavy atom. The highest BCUT2D eigenvalue weighted by atomic mass is 16.5. The molecule has 5 nitrogen and oxygen atoms in total. The molecule has 38 heavy (non-hydrogen) atoms. The smallest absolute Gasteiger partial charge is 0.305 e. The minimum absolute atomic E-state index is 0.117. The van der Waals surface area contributed by atoms with Crippen LogP contribution in [0.3, 0.4) is 0 Å². The number of ether oxygens (including phenoxy) is 2. The van der Waals surface area contributed by atoms with E-state index in [1.54, 1.807) is 0 Å². The molecule has 0 N–H and O–H groups in total. The van der Waals surface area contributed by atoms with E-state index in [0.717, 1.165) is 43.1 Å². The zero-order valence-electron chi connectivity index (χ0n) is 26.6. The molecule has 0 aromatic carbocycles. The van der Waals surface area contributed by atoms with Crippen molar-refractivity contribution in [3.63, 3.8) is 0 Å². The second-order valence-corrected chi connectivity index (χ2v) is 12.8. The summed E-state index contributed by atoms with van der Waals surface area (Å²) in [5, 5.41) is 0. The maximum absolute atomic E-state index is 12.5. The van der Waals surface area contributed by atoms with Gasteiger partial charge in [-0.2, -0.15) is 0 Å². The highest BCUT2D eigenvalue weighted by Crippen LogP contribution is 2.27. The molecule has 226 valence electrons. The van der Waals surface area contributed by atoms with Gasteiger partial charge in [0.15, 0.2) is 0 Å². The van der Waals surface area contributed by atoms with Gasteiger partial charge < -0.3 is 14.0 Å². The number of carbonyl (C=O) groups excluding carboxylic acids is 2. The fourth-order valence-corrected chi connectivity index (χ4v) is 5.23. The molecule has 0 aromatic rings. The van der Waals surface area contributed by atoms with Crippen LogP contribution in [-0.4, -0.2) is 57.3 Å². The zero-order valence-corrected chi connectivity index (χ0v) is 26.6. The molecule has 0 bridgehead atoms. The summed E-state index contributed by atoms with van der Waals surface area (Å²) in [7, 11) is 6.41. The van der Waals surface area contributed by atoms with E-state index in [2.05, 4.69) is 41.9 Å². The van der Waals surface area contributed by atoms with Gasteiger partial charge in [-0.25, -0.2) is 0 Å². The van der Waals surface area contributed by atoms with E-state index < -0.39 is 0 Å². The number of nitrogens with zero attached hydrogens (tertiary/aromatic N) is 1. The second kappa shape index (κ2) is 23.8. The van der Waals surface area contributed by atoms with Crippen LogP contribution in [-0.2, 0) is 19.1 Å². The van der Waals surface area contributed by atoms with Crippen molar-refractivity contribution in [2.24, 2.45) is 5.41 Å². The standard InChI is InChI=1S/C33H66NO4/c1-7-10-12-14-16-18-20-22-24-26-31(35)37-29-33(9-3,28-34(4,5)6)30-38-32(36)27-25-23-21-19-17-15-13-11-8-2/h7-30H2,1-6H3/q+1. The largest absolute Gasteiger partial charge is 0.465 e. The number of hydrogen-bond donors (Lipinski definition) is 0. The molecule has 0 radical (unpaired) electrons. The summed E-state index contributed by atoms with van der Waals surface area (Å²) in [5.41, 5.74) is -0.347. The first-order valence-corrected chi connectivity index (χ1v) is 16.3. The van der Waals surface area contributed by atoms with E-state index in [-0.39, 0.29) is 17.4 Å². The molecule has 0 amide bonds. The molecule has 0 saturated heterocycles. The van der Waals surface area contributed by atoms with E-state index in [0.29, 0.717) is 26.1 Å². The summed E-state index contributed by atoms with van der Waals surface area (Å²) < 4.78 is 12.3. The Labute approximate surface area is 237 Å². The van der Waals surface area contributed by atoms with Gasteiger partial charge in [0.2, 0.25) is 0 Å². The predicted molar refractivity (Wildman–Crippen MR) is 161 cm³/mol. The van der Waals surface area contributed by atoms with E-state index in [1.807, 2.05) is 0 Å². The van der Waals surface area contributed by atoms with Crippen LogP contribution in [0.25, 0.3) is 0 Å². The Kier molecular flexibility index (Phi) is 23.1. The van der Waals surface area contributed by atoms with Crippen LogP contribution in [0.5, 0.6) is 0 Å². The molecule has 5 heteroatoms. The Balaban J connectivity index is 4.32. The van der Waals surface area contributed by atoms with Crippen molar-refractivity contribution in [1.29, 1.82) is 0 Å². The first-order valence-electron chi connectivity index (χ1n) is 16.3. The average Bonchev–Trinajstić information content (AvgIpc) is 2.87. The molecule has 0 fully saturated rings. The lowest BCUT2D eigenvalue weighted by atomic mass is 9.85. The van der Waals surface area contributed by atoms with Gasteiger partial charge in [-0.3, -0.25) is 9.59 Å². The molecular weight excluding hydrogens is 474 g/mol. The minimum atomic E-state index is -0.347. The number of hydrogen-bond acceptors (Lipinski definition) is 4. The molecule has 0 aliphatic carbocycles. The quantitative estimate of drug-likeness (QED) is 0.0592. The lowest BCUT2D eigenvalue weighted by Gasteiger charge is -2.37. The van der Waals surface area contributed by atoms with E-state index >= 15 is 0 Å². The molecule has 0 heterocycles. The number of rotatable bonds is 27. The van der Waals surface area contributed by atoms with E-state index in [1.165, 1.54) is 89.9 Å². The molecule has 0 aliphatic heterocycles. The normalized spacial score (nSPS) is 12.1. The van der Waals surface area contributed by atoms with E-state index in [4.69, 9.17) is 9.47 Å². The molecule has 0 atom stereocenters. The van der Waals surface area contributed by atoms with Gasteiger partial charge in [0.25, 0.3) is 0 Å². The Bertz CT molecular complexity index is 532. The summed E-state index contributed by atoms with van der Waals surface area (Å²) in [6, 6.07) is 0. The van der Waals surface area contributed by atoms with Crippen molar-refractivity contribution >= 4 is 11.9 Å². The van der Waals surface area contributed by atoms with Gasteiger partial charge in [0.05, 0.1) is 33.1 Å². The molecule has 0 unspecified atom stereocenters. The third-order valence-electron chi connectivity index (χ3n) is 7.61. The van der Waals surface area contributed by atoms with Gasteiger partial charge in [-0.05, 0) is 19.3 Å². The molecule has 0 aromatic heterocycles. The van der Waals surface area contributed by atoms with Crippen LogP contribution in [0.2, 0.25) is 0 Å². The molecule has 0 spiro atoms. The maximum atomic E-state index is 12.5. The lowest BCUT2D eigenvalue weighted by molar-refractivity contribution is -0.877. The summed E-state index contributed by atoms with van der Waals surface area (Å²) in [6.45, 7) is 8.04. The number of carbonyl (C=O) groups is 2. The number of quaternary nitrogens is 1. The van der Waals surface area contributed by atoms with Gasteiger partial charge in [-0.15, -0.1) is 0 Å². The van der Waals surface area contributed by atoms with Crippen LogP contribution >= 0.6 is 0 Å². The Morgan fingerprint density at radius 2 is 0.842 bits per heavy atom. The van der Waals surface area contributed by atoms with Crippen LogP contribution in [0.1, 0.15) is 156 Å². The third kappa shape index (κ3) is 22.8. The topological polar surface area (TPSA) is 52.6 Å². The first kappa shape index (κ1) is 36.9. The minimum Gasteiger partial charge on any atom is -0.465 e. The summed E-state index contributed by atoms with van der Waals surface area (Å²) in [4.78, 5) is 25.0. The number of esters is 2. The highest BCUT2D eigenvalue weighted by molar-refractivity contribution is 5.69. The second-order valence-electron chi connectivity index (χ2n) is 12.8. The third-order valence-corrected chi connectivity index (χ3v) is 7.61. The summed E-state index contributed by atoms with van der Waals surface area (Å²) in [6.07, 6.45) is 24.0. The fourth-order valence-electron chi connectivity index (χ4n) is 5.23. The van der Waals surface area contributed by atoms with Crippen LogP contribution in [0.4, 0.5) is 0 Å². The predicted octanol–water partition coefficient (Wildman–Crippen LogP) is 9.02. The maximum Gasteiger partial charge on any atom is 0.305 e. The van der Waals surface area contributed by atoms with Crippen molar-refractivity contribution in [1.82, 2.24) is 0 Å². The molecule has 0 rings (SSSR count). The number of unbranched alkanes of at least 4 members (excludes halogenated alkanes) is 16. The Morgan fingerprint density at radius 1 is 0.526 bits per heavy atom. The van der Waals surface area contributed by atoms with Crippen LogP contribution in [0.15, 0.2) is 0 Å². The Hall–Kier alpha value is -1.10. The molecule has 0 saturated carbocycles.